The minimum Gasteiger partial charge on any atom is -0.483 e. The van der Waals surface area contributed by atoms with E-state index in [-0.39, 0.29) is 36.8 Å². The van der Waals surface area contributed by atoms with Gasteiger partial charge >= 0.3 is 0 Å². The highest BCUT2D eigenvalue weighted by molar-refractivity contribution is 5.88. The van der Waals surface area contributed by atoms with Crippen molar-refractivity contribution in [3.8, 4) is 5.75 Å². The molecule has 0 radical (unpaired) electrons. The molecule has 39 heavy (non-hydrogen) atoms. The molecule has 3 aromatic carbocycles. The molecular formula is C33H39FN2O3. The molecule has 1 fully saturated rings. The Morgan fingerprint density at radius 2 is 1.64 bits per heavy atom. The number of benzene rings is 3. The number of carbonyl (C=O) groups excluding carboxylic acids is 2. The third-order valence-electron chi connectivity index (χ3n) is 7.60. The van der Waals surface area contributed by atoms with Crippen molar-refractivity contribution in [1.29, 1.82) is 0 Å². The zero-order chi connectivity index (χ0) is 27.8. The van der Waals surface area contributed by atoms with E-state index in [0.717, 1.165) is 53.5 Å². The molecule has 0 saturated heterocycles. The zero-order valence-electron chi connectivity index (χ0n) is 23.2. The van der Waals surface area contributed by atoms with Gasteiger partial charge in [-0.15, -0.1) is 0 Å². The van der Waals surface area contributed by atoms with Crippen LogP contribution < -0.4 is 10.1 Å². The van der Waals surface area contributed by atoms with Gasteiger partial charge in [-0.2, -0.15) is 0 Å². The molecule has 0 heterocycles. The number of aryl methyl sites for hydroxylation is 2. The number of hydrogen-bond donors (Lipinski definition) is 1. The highest BCUT2D eigenvalue weighted by Crippen LogP contribution is 2.24. The van der Waals surface area contributed by atoms with Gasteiger partial charge in [0.1, 0.15) is 17.6 Å². The van der Waals surface area contributed by atoms with Crippen LogP contribution in [-0.4, -0.2) is 35.4 Å². The Morgan fingerprint density at radius 3 is 2.33 bits per heavy atom. The van der Waals surface area contributed by atoms with E-state index in [1.165, 1.54) is 18.6 Å². The van der Waals surface area contributed by atoms with E-state index in [1.807, 2.05) is 57.2 Å². The van der Waals surface area contributed by atoms with Crippen LogP contribution in [-0.2, 0) is 22.6 Å². The van der Waals surface area contributed by atoms with Crippen molar-refractivity contribution in [2.24, 2.45) is 0 Å². The van der Waals surface area contributed by atoms with Crippen molar-refractivity contribution < 1.29 is 18.7 Å². The maximum absolute atomic E-state index is 13.8. The van der Waals surface area contributed by atoms with Crippen LogP contribution in [0.5, 0.6) is 5.75 Å². The molecule has 1 atom stereocenters. The van der Waals surface area contributed by atoms with Crippen molar-refractivity contribution in [2.75, 3.05) is 6.61 Å². The van der Waals surface area contributed by atoms with Crippen molar-refractivity contribution in [3.05, 3.63) is 100 Å². The fraction of sp³-hybridized carbons (Fsp3) is 0.394. The summed E-state index contributed by atoms with van der Waals surface area (Å²) in [6.07, 6.45) is 5.64. The van der Waals surface area contributed by atoms with Crippen LogP contribution in [0.3, 0.4) is 0 Å². The molecule has 6 heteroatoms. The van der Waals surface area contributed by atoms with E-state index in [1.54, 1.807) is 17.0 Å². The third kappa shape index (κ3) is 7.92. The predicted octanol–water partition coefficient (Wildman–Crippen LogP) is 6.22. The molecule has 0 unspecified atom stereocenters. The molecule has 1 aliphatic rings. The molecular weight excluding hydrogens is 491 g/mol. The maximum atomic E-state index is 13.8. The lowest BCUT2D eigenvalue weighted by molar-refractivity contribution is -0.143. The predicted molar refractivity (Wildman–Crippen MR) is 152 cm³/mol. The van der Waals surface area contributed by atoms with Crippen LogP contribution in [0.4, 0.5) is 4.39 Å². The van der Waals surface area contributed by atoms with Gasteiger partial charge in [0.2, 0.25) is 5.91 Å². The Balaban J connectivity index is 1.63. The molecule has 3 aromatic rings. The van der Waals surface area contributed by atoms with Crippen LogP contribution in [0.25, 0.3) is 0 Å². The molecule has 2 amide bonds. The molecule has 0 bridgehead atoms. The van der Waals surface area contributed by atoms with Gasteiger partial charge in [0.05, 0.1) is 0 Å². The second-order valence-electron chi connectivity index (χ2n) is 10.7. The fourth-order valence-corrected chi connectivity index (χ4v) is 5.26. The molecule has 1 N–H and O–H groups in total. The van der Waals surface area contributed by atoms with E-state index in [0.29, 0.717) is 12.2 Å². The molecule has 1 aliphatic carbocycles. The number of nitrogens with zero attached hydrogens (tertiary/aromatic N) is 1. The molecule has 1 saturated carbocycles. The lowest BCUT2D eigenvalue weighted by Crippen LogP contribution is -2.53. The van der Waals surface area contributed by atoms with Gasteiger partial charge in [-0.05, 0) is 79.6 Å². The minimum atomic E-state index is -0.740. The molecule has 206 valence electrons. The molecule has 5 nitrogen and oxygen atoms in total. The average Bonchev–Trinajstić information content (AvgIpc) is 2.93. The normalized spacial score (nSPS) is 14.5. The first-order valence-corrected chi connectivity index (χ1v) is 13.9. The number of carbonyl (C=O) groups is 2. The Hall–Kier alpha value is -3.67. The summed E-state index contributed by atoms with van der Waals surface area (Å²) in [5.41, 5.74) is 4.83. The van der Waals surface area contributed by atoms with Gasteiger partial charge in [-0.1, -0.05) is 67.8 Å². The summed E-state index contributed by atoms with van der Waals surface area (Å²) in [4.78, 5) is 29.3. The highest BCUT2D eigenvalue weighted by Gasteiger charge is 2.32. The Kier molecular flexibility index (Phi) is 9.74. The quantitative estimate of drug-likeness (QED) is 0.339. The first-order chi connectivity index (χ1) is 18.8. The van der Waals surface area contributed by atoms with Gasteiger partial charge in [0, 0.05) is 19.0 Å². The smallest absolute Gasteiger partial charge is 0.261 e. The van der Waals surface area contributed by atoms with Crippen molar-refractivity contribution in [1.82, 2.24) is 10.2 Å². The van der Waals surface area contributed by atoms with Gasteiger partial charge < -0.3 is 15.0 Å². The standard InChI is InChI=1S/C33H39FN2O3/c1-23-18-24(2)25(3)31(19-23)39-22-32(37)36(21-27-14-16-28(34)17-15-27)30(20-26-10-6-4-7-11-26)33(38)35-29-12-8-5-9-13-29/h4,6-7,10-11,14-19,29-30H,5,8-9,12-13,20-22H2,1-3H3,(H,35,38)/t30-/m0/s1. The van der Waals surface area contributed by atoms with E-state index < -0.39 is 6.04 Å². The Morgan fingerprint density at radius 1 is 0.949 bits per heavy atom. The SMILES string of the molecule is Cc1cc(C)c(C)c(OCC(=O)N(Cc2ccc(F)cc2)[C@@H](Cc2ccccc2)C(=O)NC2CCCCC2)c1. The summed E-state index contributed by atoms with van der Waals surface area (Å²) in [7, 11) is 0. The third-order valence-corrected chi connectivity index (χ3v) is 7.60. The number of ether oxygens (including phenoxy) is 1. The van der Waals surface area contributed by atoms with Crippen LogP contribution in [0, 0.1) is 26.6 Å². The second kappa shape index (κ2) is 13.4. The number of amides is 2. The van der Waals surface area contributed by atoms with Crippen LogP contribution >= 0.6 is 0 Å². The molecule has 0 aromatic heterocycles. The largest absolute Gasteiger partial charge is 0.483 e. The van der Waals surface area contributed by atoms with E-state index in [2.05, 4.69) is 11.4 Å². The highest BCUT2D eigenvalue weighted by atomic mass is 19.1. The lowest BCUT2D eigenvalue weighted by atomic mass is 9.94. The van der Waals surface area contributed by atoms with E-state index in [9.17, 15) is 14.0 Å². The summed E-state index contributed by atoms with van der Waals surface area (Å²) >= 11 is 0. The van der Waals surface area contributed by atoms with Gasteiger partial charge in [0.15, 0.2) is 6.61 Å². The maximum Gasteiger partial charge on any atom is 0.261 e. The summed E-state index contributed by atoms with van der Waals surface area (Å²) in [6, 6.07) is 19.2. The van der Waals surface area contributed by atoms with Crippen LogP contribution in [0.15, 0.2) is 66.7 Å². The summed E-state index contributed by atoms with van der Waals surface area (Å²) in [5.74, 6) is -0.142. The average molecular weight is 531 g/mol. The summed E-state index contributed by atoms with van der Waals surface area (Å²) < 4.78 is 19.7. The second-order valence-corrected chi connectivity index (χ2v) is 10.7. The molecule has 4 rings (SSSR count). The molecule has 0 spiro atoms. The topological polar surface area (TPSA) is 58.6 Å². The lowest BCUT2D eigenvalue weighted by Gasteiger charge is -2.33. The molecule has 0 aliphatic heterocycles. The number of halogens is 1. The van der Waals surface area contributed by atoms with Gasteiger partial charge in [0.25, 0.3) is 5.91 Å². The van der Waals surface area contributed by atoms with Crippen molar-refractivity contribution in [3.63, 3.8) is 0 Å². The Bertz CT molecular complexity index is 1250. The van der Waals surface area contributed by atoms with Gasteiger partial charge in [-0.3, -0.25) is 9.59 Å². The van der Waals surface area contributed by atoms with Crippen molar-refractivity contribution >= 4 is 11.8 Å². The van der Waals surface area contributed by atoms with Crippen LogP contribution in [0.2, 0.25) is 0 Å². The van der Waals surface area contributed by atoms with Crippen LogP contribution in [0.1, 0.15) is 59.9 Å². The zero-order valence-corrected chi connectivity index (χ0v) is 23.2. The number of hydrogen-bond acceptors (Lipinski definition) is 3. The minimum absolute atomic E-state index is 0.112. The first-order valence-electron chi connectivity index (χ1n) is 13.9. The monoisotopic (exact) mass is 530 g/mol. The van der Waals surface area contributed by atoms with E-state index in [4.69, 9.17) is 4.74 Å². The first kappa shape index (κ1) is 28.3. The van der Waals surface area contributed by atoms with E-state index >= 15 is 0 Å². The van der Waals surface area contributed by atoms with Crippen molar-refractivity contribution in [2.45, 2.75) is 77.9 Å². The summed E-state index contributed by atoms with van der Waals surface area (Å²) in [5, 5.41) is 3.23. The number of rotatable bonds is 10. The fourth-order valence-electron chi connectivity index (χ4n) is 5.26. The van der Waals surface area contributed by atoms with Gasteiger partial charge in [-0.25, -0.2) is 4.39 Å². The Labute approximate surface area is 231 Å². The summed E-state index contributed by atoms with van der Waals surface area (Å²) in [6.45, 7) is 5.95. The number of nitrogens with one attached hydrogen (secondary N) is 1.